The Kier molecular flexibility index (Phi) is 5.01. The summed E-state index contributed by atoms with van der Waals surface area (Å²) in [5.74, 6) is 5.69. The van der Waals surface area contributed by atoms with E-state index in [4.69, 9.17) is 4.74 Å². The van der Waals surface area contributed by atoms with Gasteiger partial charge in [-0.25, -0.2) is 0 Å². The lowest BCUT2D eigenvalue weighted by Gasteiger charge is -2.06. The molecule has 0 bridgehead atoms. The second-order valence-corrected chi connectivity index (χ2v) is 4.19. The van der Waals surface area contributed by atoms with E-state index in [2.05, 4.69) is 11.8 Å². The molecule has 0 amide bonds. The second-order valence-electron chi connectivity index (χ2n) is 4.19. The van der Waals surface area contributed by atoms with Gasteiger partial charge in [-0.2, -0.15) is 0 Å². The molecule has 1 unspecified atom stereocenters. The largest absolute Gasteiger partial charge is 0.459 e. The van der Waals surface area contributed by atoms with Crippen LogP contribution < -0.4 is 0 Å². The Labute approximate surface area is 86.3 Å². The van der Waals surface area contributed by atoms with Crippen molar-refractivity contribution in [1.29, 1.82) is 0 Å². The fourth-order valence-electron chi connectivity index (χ4n) is 0.743. The quantitative estimate of drug-likeness (QED) is 0.499. The maximum Gasteiger partial charge on any atom is 0.303 e. The number of esters is 1. The van der Waals surface area contributed by atoms with Crippen LogP contribution in [0.3, 0.4) is 0 Å². The molecule has 78 valence electrons. The minimum atomic E-state index is -0.272. The summed E-state index contributed by atoms with van der Waals surface area (Å²) in [6, 6.07) is 0. The lowest BCUT2D eigenvalue weighted by molar-refractivity contribution is -0.143. The van der Waals surface area contributed by atoms with Gasteiger partial charge >= 0.3 is 5.97 Å². The van der Waals surface area contributed by atoms with Crippen molar-refractivity contribution in [2.75, 3.05) is 0 Å². The Morgan fingerprint density at radius 3 is 2.43 bits per heavy atom. The number of carbonyl (C=O) groups is 1. The van der Waals surface area contributed by atoms with Gasteiger partial charge in [0.15, 0.2) is 0 Å². The molecule has 14 heavy (non-hydrogen) atoms. The zero-order valence-corrected chi connectivity index (χ0v) is 9.55. The van der Waals surface area contributed by atoms with Crippen molar-refractivity contribution in [3.63, 3.8) is 0 Å². The number of rotatable bonds is 2. The van der Waals surface area contributed by atoms with Crippen LogP contribution in [0, 0.1) is 17.3 Å². The highest BCUT2D eigenvalue weighted by Crippen LogP contribution is 2.09. The molecule has 0 rings (SSSR count). The Hall–Kier alpha value is -1.23. The van der Waals surface area contributed by atoms with Crippen LogP contribution >= 0.6 is 0 Å². The van der Waals surface area contributed by atoms with Crippen LogP contribution in [0.25, 0.3) is 0 Å². The first-order valence-corrected chi connectivity index (χ1v) is 4.68. The fourth-order valence-corrected chi connectivity index (χ4v) is 0.743. The highest BCUT2D eigenvalue weighted by atomic mass is 16.5. The molecule has 0 N–H and O–H groups in total. The third kappa shape index (κ3) is 8.86. The third-order valence-corrected chi connectivity index (χ3v) is 1.25. The molecule has 0 saturated carbocycles. The van der Waals surface area contributed by atoms with E-state index in [1.54, 1.807) is 19.1 Å². The lowest BCUT2D eigenvalue weighted by atomic mass is 9.98. The summed E-state index contributed by atoms with van der Waals surface area (Å²) >= 11 is 0. The van der Waals surface area contributed by atoms with Crippen molar-refractivity contribution in [1.82, 2.24) is 0 Å². The van der Waals surface area contributed by atoms with E-state index >= 15 is 0 Å². The van der Waals surface area contributed by atoms with Gasteiger partial charge in [-0.15, -0.1) is 0 Å². The van der Waals surface area contributed by atoms with Crippen molar-refractivity contribution >= 4 is 5.97 Å². The molecule has 0 aliphatic heterocycles. The minimum Gasteiger partial charge on any atom is -0.459 e. The summed E-state index contributed by atoms with van der Waals surface area (Å²) in [7, 11) is 0. The maximum atomic E-state index is 10.6. The van der Waals surface area contributed by atoms with Gasteiger partial charge in [0, 0.05) is 12.3 Å². The average molecular weight is 194 g/mol. The second kappa shape index (κ2) is 5.49. The summed E-state index contributed by atoms with van der Waals surface area (Å²) in [6.07, 6.45) is 3.28. The number of ether oxygens (including phenoxy) is 1. The molecule has 0 heterocycles. The van der Waals surface area contributed by atoms with E-state index in [9.17, 15) is 4.79 Å². The molecular formula is C12H18O2. The molecule has 0 aliphatic carbocycles. The van der Waals surface area contributed by atoms with Crippen LogP contribution in [0.4, 0.5) is 0 Å². The van der Waals surface area contributed by atoms with E-state index in [1.165, 1.54) is 6.92 Å². The highest BCUT2D eigenvalue weighted by Gasteiger charge is 2.02. The van der Waals surface area contributed by atoms with Crippen molar-refractivity contribution in [3.05, 3.63) is 12.2 Å². The van der Waals surface area contributed by atoms with Gasteiger partial charge in [0.1, 0.15) is 6.10 Å². The standard InChI is InChI=1S/C12H18O2/c1-10(14-11(2)13)8-6-7-9-12(3,4)5/h6,8,10H,1-5H3/b8-6+. The lowest BCUT2D eigenvalue weighted by Crippen LogP contribution is -2.08. The van der Waals surface area contributed by atoms with Crippen LogP contribution in [0.1, 0.15) is 34.6 Å². The van der Waals surface area contributed by atoms with E-state index < -0.39 is 0 Å². The van der Waals surface area contributed by atoms with E-state index in [-0.39, 0.29) is 17.5 Å². The molecule has 0 aliphatic rings. The third-order valence-electron chi connectivity index (χ3n) is 1.25. The predicted octanol–water partition coefficient (Wildman–Crippen LogP) is 2.54. The van der Waals surface area contributed by atoms with Gasteiger partial charge in [-0.3, -0.25) is 4.79 Å². The van der Waals surface area contributed by atoms with E-state index in [0.717, 1.165) is 0 Å². The molecule has 0 radical (unpaired) electrons. The van der Waals surface area contributed by atoms with Crippen LogP contribution in [-0.2, 0) is 9.53 Å². The topological polar surface area (TPSA) is 26.3 Å². The smallest absolute Gasteiger partial charge is 0.303 e. The van der Waals surface area contributed by atoms with Crippen molar-refractivity contribution in [3.8, 4) is 11.8 Å². The van der Waals surface area contributed by atoms with Crippen LogP contribution in [0.5, 0.6) is 0 Å². The van der Waals surface area contributed by atoms with Gasteiger partial charge in [0.05, 0.1) is 0 Å². The van der Waals surface area contributed by atoms with Crippen LogP contribution in [0.15, 0.2) is 12.2 Å². The normalized spacial score (nSPS) is 13.2. The maximum absolute atomic E-state index is 10.6. The molecule has 1 atom stereocenters. The Morgan fingerprint density at radius 2 is 2.00 bits per heavy atom. The van der Waals surface area contributed by atoms with Gasteiger partial charge < -0.3 is 4.74 Å². The van der Waals surface area contributed by atoms with Gasteiger partial charge in [-0.05, 0) is 39.8 Å². The molecule has 2 heteroatoms. The monoisotopic (exact) mass is 194 g/mol. The Bertz CT molecular complexity index is 271. The molecule has 0 aromatic rings. The van der Waals surface area contributed by atoms with Gasteiger partial charge in [0.2, 0.25) is 0 Å². The molecule has 0 spiro atoms. The number of hydrogen-bond donors (Lipinski definition) is 0. The Balaban J connectivity index is 4.04. The van der Waals surface area contributed by atoms with E-state index in [1.807, 2.05) is 20.8 Å². The summed E-state index contributed by atoms with van der Waals surface area (Å²) in [6.45, 7) is 9.33. The first kappa shape index (κ1) is 12.8. The highest BCUT2D eigenvalue weighted by molar-refractivity contribution is 5.66. The molecule has 0 saturated heterocycles. The number of allylic oxidation sites excluding steroid dienone is 1. The van der Waals surface area contributed by atoms with Crippen molar-refractivity contribution in [2.45, 2.75) is 40.7 Å². The number of hydrogen-bond acceptors (Lipinski definition) is 2. The first-order valence-electron chi connectivity index (χ1n) is 4.68. The fraction of sp³-hybridized carbons (Fsp3) is 0.583. The predicted molar refractivity (Wildman–Crippen MR) is 57.6 cm³/mol. The average Bonchev–Trinajstić information content (AvgIpc) is 1.95. The summed E-state index contributed by atoms with van der Waals surface area (Å²) in [5, 5.41) is 0. The zero-order chi connectivity index (χ0) is 11.2. The van der Waals surface area contributed by atoms with Gasteiger partial charge in [-0.1, -0.05) is 11.8 Å². The Morgan fingerprint density at radius 1 is 1.43 bits per heavy atom. The van der Waals surface area contributed by atoms with Crippen LogP contribution in [-0.4, -0.2) is 12.1 Å². The van der Waals surface area contributed by atoms with Crippen LogP contribution in [0.2, 0.25) is 0 Å². The van der Waals surface area contributed by atoms with E-state index in [0.29, 0.717) is 0 Å². The molecule has 0 aromatic carbocycles. The zero-order valence-electron chi connectivity index (χ0n) is 9.55. The summed E-state index contributed by atoms with van der Waals surface area (Å²) in [5.41, 5.74) is 0.00894. The molecule has 0 aromatic heterocycles. The first-order chi connectivity index (χ1) is 6.31. The van der Waals surface area contributed by atoms with Crippen molar-refractivity contribution < 1.29 is 9.53 Å². The number of carbonyl (C=O) groups excluding carboxylic acids is 1. The SMILES string of the molecule is CC(=O)OC(C)/C=C/C#CC(C)(C)C. The molecular weight excluding hydrogens is 176 g/mol. The summed E-state index contributed by atoms with van der Waals surface area (Å²) in [4.78, 5) is 10.6. The molecule has 0 fully saturated rings. The van der Waals surface area contributed by atoms with Gasteiger partial charge in [0.25, 0.3) is 0 Å². The van der Waals surface area contributed by atoms with Crippen molar-refractivity contribution in [2.24, 2.45) is 5.41 Å². The molecule has 2 nitrogen and oxygen atoms in total. The minimum absolute atomic E-state index is 0.00894. The summed E-state index contributed by atoms with van der Waals surface area (Å²) < 4.78 is 4.89.